The summed E-state index contributed by atoms with van der Waals surface area (Å²) in [4.78, 5) is 27.7. The number of amides is 1. The van der Waals surface area contributed by atoms with Crippen LogP contribution in [0.3, 0.4) is 0 Å². The number of carbonyl (C=O) groups is 3. The highest BCUT2D eigenvalue weighted by atomic mass is 16.4. The van der Waals surface area contributed by atoms with Gasteiger partial charge in [0.25, 0.3) is 0 Å². The van der Waals surface area contributed by atoms with E-state index in [4.69, 9.17) is 19.8 Å². The summed E-state index contributed by atoms with van der Waals surface area (Å²) in [5.41, 5.74) is 4.53. The fourth-order valence-corrected chi connectivity index (χ4v) is 0. The van der Waals surface area contributed by atoms with Crippen molar-refractivity contribution in [3.8, 4) is 0 Å². The standard InChI is InChI=1S/C3H5NO.C2H2O4/c1-2-3(4)5;3-1(4)2(5)6/h2H,1H2,(H2,4,5);(H,3,4)(H,5,6). The third-order valence-corrected chi connectivity index (χ3v) is 0.384. The van der Waals surface area contributed by atoms with Crippen molar-refractivity contribution in [2.24, 2.45) is 5.73 Å². The number of nitrogens with two attached hydrogens (primary N) is 1. The van der Waals surface area contributed by atoms with Crippen molar-refractivity contribution in [2.75, 3.05) is 0 Å². The smallest absolute Gasteiger partial charge is 0.414 e. The van der Waals surface area contributed by atoms with Crippen LogP contribution in [0.1, 0.15) is 0 Å². The SMILES string of the molecule is C=CC(N)=O.O=C(O)C(=O)O. The van der Waals surface area contributed by atoms with Crippen LogP contribution in [0.25, 0.3) is 0 Å². The topological polar surface area (TPSA) is 118 Å². The number of aliphatic carboxylic acids is 2. The number of carboxylic acid groups (broad SMARTS) is 2. The van der Waals surface area contributed by atoms with Gasteiger partial charge in [0, 0.05) is 0 Å². The summed E-state index contributed by atoms with van der Waals surface area (Å²) in [7, 11) is 0. The van der Waals surface area contributed by atoms with Gasteiger partial charge in [0.2, 0.25) is 5.91 Å². The lowest BCUT2D eigenvalue weighted by Crippen LogP contribution is -2.09. The fraction of sp³-hybridized carbons (Fsp3) is 0. The zero-order valence-electron chi connectivity index (χ0n) is 5.48. The largest absolute Gasteiger partial charge is 0.473 e. The van der Waals surface area contributed by atoms with Gasteiger partial charge in [0.1, 0.15) is 0 Å². The third-order valence-electron chi connectivity index (χ3n) is 0.384. The molecule has 6 nitrogen and oxygen atoms in total. The van der Waals surface area contributed by atoms with Gasteiger partial charge < -0.3 is 15.9 Å². The second-order valence-electron chi connectivity index (χ2n) is 1.22. The third kappa shape index (κ3) is 17.9. The fourth-order valence-electron chi connectivity index (χ4n) is 0. The highest BCUT2D eigenvalue weighted by Gasteiger charge is 2.04. The van der Waals surface area contributed by atoms with Gasteiger partial charge >= 0.3 is 11.9 Å². The lowest BCUT2D eigenvalue weighted by Gasteiger charge is -1.72. The normalized spacial score (nSPS) is 6.91. The molecule has 62 valence electrons. The molecule has 11 heavy (non-hydrogen) atoms. The minimum atomic E-state index is -1.82. The maximum Gasteiger partial charge on any atom is 0.414 e. The van der Waals surface area contributed by atoms with Crippen molar-refractivity contribution in [2.45, 2.75) is 0 Å². The summed E-state index contributed by atoms with van der Waals surface area (Å²) in [5, 5.41) is 14.8. The number of carboxylic acids is 2. The zero-order chi connectivity index (χ0) is 9.44. The first-order valence-corrected chi connectivity index (χ1v) is 2.30. The van der Waals surface area contributed by atoms with Gasteiger partial charge in [-0.25, -0.2) is 9.59 Å². The van der Waals surface area contributed by atoms with Gasteiger partial charge in [0.05, 0.1) is 0 Å². The van der Waals surface area contributed by atoms with Crippen LogP contribution in [0.15, 0.2) is 12.7 Å². The first-order valence-electron chi connectivity index (χ1n) is 2.30. The zero-order valence-corrected chi connectivity index (χ0v) is 5.48. The number of carbonyl (C=O) groups excluding carboxylic acids is 1. The number of hydrogen-bond donors (Lipinski definition) is 3. The van der Waals surface area contributed by atoms with Crippen LogP contribution in [0, 0.1) is 0 Å². The molecule has 0 radical (unpaired) electrons. The van der Waals surface area contributed by atoms with Crippen molar-refractivity contribution < 1.29 is 24.6 Å². The van der Waals surface area contributed by atoms with E-state index in [9.17, 15) is 4.79 Å². The van der Waals surface area contributed by atoms with Gasteiger partial charge in [-0.1, -0.05) is 6.58 Å². The second-order valence-corrected chi connectivity index (χ2v) is 1.22. The van der Waals surface area contributed by atoms with Crippen LogP contribution >= 0.6 is 0 Å². The minimum absolute atomic E-state index is 0.481. The molecular formula is C5H7NO5. The van der Waals surface area contributed by atoms with Crippen molar-refractivity contribution in [1.82, 2.24) is 0 Å². The van der Waals surface area contributed by atoms with Gasteiger partial charge in [-0.3, -0.25) is 4.79 Å². The summed E-state index contributed by atoms with van der Waals surface area (Å²) in [6.07, 6.45) is 1.06. The van der Waals surface area contributed by atoms with Crippen molar-refractivity contribution in [3.63, 3.8) is 0 Å². The maximum absolute atomic E-state index is 9.47. The van der Waals surface area contributed by atoms with Crippen molar-refractivity contribution >= 4 is 17.8 Å². The molecule has 0 aliphatic rings. The van der Waals surface area contributed by atoms with Gasteiger partial charge in [-0.15, -0.1) is 0 Å². The Hall–Kier alpha value is -1.85. The molecule has 0 rings (SSSR count). The van der Waals surface area contributed by atoms with Crippen molar-refractivity contribution in [3.05, 3.63) is 12.7 Å². The van der Waals surface area contributed by atoms with E-state index in [-0.39, 0.29) is 0 Å². The van der Waals surface area contributed by atoms with Crippen LogP contribution in [0.4, 0.5) is 0 Å². The Morgan fingerprint density at radius 3 is 1.36 bits per heavy atom. The van der Waals surface area contributed by atoms with E-state index in [0.717, 1.165) is 6.08 Å². The highest BCUT2D eigenvalue weighted by molar-refractivity contribution is 6.27. The summed E-state index contributed by atoms with van der Waals surface area (Å²) in [5.74, 6) is -4.13. The molecule has 0 heterocycles. The molecule has 0 bridgehead atoms. The van der Waals surface area contributed by atoms with E-state index in [2.05, 4.69) is 12.3 Å². The average Bonchev–Trinajstić information content (AvgIpc) is 1.89. The van der Waals surface area contributed by atoms with Crippen LogP contribution < -0.4 is 5.73 Å². The summed E-state index contributed by atoms with van der Waals surface area (Å²) in [6, 6.07) is 0. The van der Waals surface area contributed by atoms with E-state index in [0.29, 0.717) is 0 Å². The van der Waals surface area contributed by atoms with Crippen LogP contribution in [-0.4, -0.2) is 28.1 Å². The lowest BCUT2D eigenvalue weighted by atomic mass is 10.6. The van der Waals surface area contributed by atoms with Crippen LogP contribution in [0.2, 0.25) is 0 Å². The molecule has 6 heteroatoms. The van der Waals surface area contributed by atoms with Crippen LogP contribution in [-0.2, 0) is 14.4 Å². The van der Waals surface area contributed by atoms with Crippen LogP contribution in [0.5, 0.6) is 0 Å². The molecule has 0 saturated heterocycles. The Kier molecular flexibility index (Phi) is 6.78. The predicted molar refractivity (Wildman–Crippen MR) is 34.7 cm³/mol. The van der Waals surface area contributed by atoms with Gasteiger partial charge in [0.15, 0.2) is 0 Å². The Morgan fingerprint density at radius 2 is 1.36 bits per heavy atom. The predicted octanol–water partition coefficient (Wildman–Crippen LogP) is -1.19. The number of primary amides is 1. The highest BCUT2D eigenvalue weighted by Crippen LogP contribution is 1.56. The molecule has 4 N–H and O–H groups in total. The van der Waals surface area contributed by atoms with E-state index in [1.165, 1.54) is 0 Å². The molecule has 0 aliphatic carbocycles. The van der Waals surface area contributed by atoms with Gasteiger partial charge in [-0.05, 0) is 6.08 Å². The lowest BCUT2D eigenvalue weighted by molar-refractivity contribution is -0.159. The molecule has 0 aromatic rings. The molecule has 0 saturated carbocycles. The first-order chi connectivity index (χ1) is 4.91. The van der Waals surface area contributed by atoms with E-state index >= 15 is 0 Å². The molecule has 0 spiro atoms. The quantitative estimate of drug-likeness (QED) is 0.330. The summed E-state index contributed by atoms with van der Waals surface area (Å²) >= 11 is 0. The van der Waals surface area contributed by atoms with Crippen molar-refractivity contribution in [1.29, 1.82) is 0 Å². The number of rotatable bonds is 1. The summed E-state index contributed by atoms with van der Waals surface area (Å²) in [6.45, 7) is 3.09. The Morgan fingerprint density at radius 1 is 1.18 bits per heavy atom. The number of hydrogen-bond acceptors (Lipinski definition) is 3. The molecule has 0 aromatic carbocycles. The van der Waals surface area contributed by atoms with Gasteiger partial charge in [-0.2, -0.15) is 0 Å². The Labute approximate surface area is 61.9 Å². The molecule has 0 unspecified atom stereocenters. The second kappa shape index (κ2) is 6.27. The molecule has 0 atom stereocenters. The first kappa shape index (κ1) is 11.9. The Bertz CT molecular complexity index is 173. The minimum Gasteiger partial charge on any atom is -0.473 e. The molecule has 0 fully saturated rings. The van der Waals surface area contributed by atoms with E-state index in [1.54, 1.807) is 0 Å². The monoisotopic (exact) mass is 161 g/mol. The average molecular weight is 161 g/mol. The Balaban J connectivity index is 0. The van der Waals surface area contributed by atoms with E-state index in [1.807, 2.05) is 0 Å². The maximum atomic E-state index is 9.47. The molecular weight excluding hydrogens is 154 g/mol. The molecule has 0 aliphatic heterocycles. The molecule has 1 amide bonds. The molecule has 0 aromatic heterocycles. The van der Waals surface area contributed by atoms with E-state index < -0.39 is 17.8 Å². The summed E-state index contributed by atoms with van der Waals surface area (Å²) < 4.78 is 0.